The highest BCUT2D eigenvalue weighted by Gasteiger charge is 2.24. The lowest BCUT2D eigenvalue weighted by Crippen LogP contribution is -2.46. The summed E-state index contributed by atoms with van der Waals surface area (Å²) < 4.78 is 0. The van der Waals surface area contributed by atoms with E-state index in [2.05, 4.69) is 43.1 Å². The Morgan fingerprint density at radius 2 is 1.62 bits per heavy atom. The van der Waals surface area contributed by atoms with Gasteiger partial charge in [0.05, 0.1) is 0 Å². The summed E-state index contributed by atoms with van der Waals surface area (Å²) >= 11 is 0. The third-order valence-electron chi connectivity index (χ3n) is 4.88. The first-order chi connectivity index (χ1) is 12.4. The fraction of sp³-hybridized carbons (Fsp3) is 0.435. The van der Waals surface area contributed by atoms with E-state index in [1.807, 2.05) is 42.5 Å². The molecular formula is C23H30N2O. The molecule has 1 amide bonds. The van der Waals surface area contributed by atoms with Crippen LogP contribution in [0.15, 0.2) is 54.6 Å². The summed E-state index contributed by atoms with van der Waals surface area (Å²) in [5, 5.41) is 3.26. The zero-order chi connectivity index (χ0) is 18.6. The maximum Gasteiger partial charge on any atom is 0.252 e. The molecule has 0 aromatic heterocycles. The first kappa shape index (κ1) is 18.7. The van der Waals surface area contributed by atoms with Crippen LogP contribution in [0.5, 0.6) is 0 Å². The normalized spacial score (nSPS) is 16.4. The molecule has 0 radical (unpaired) electrons. The van der Waals surface area contributed by atoms with E-state index in [-0.39, 0.29) is 11.9 Å². The zero-order valence-corrected chi connectivity index (χ0v) is 16.2. The molecule has 1 fully saturated rings. The number of hydrogen-bond acceptors (Lipinski definition) is 2. The van der Waals surface area contributed by atoms with Gasteiger partial charge in [0.25, 0.3) is 5.91 Å². The van der Waals surface area contributed by atoms with E-state index in [0.29, 0.717) is 5.41 Å². The van der Waals surface area contributed by atoms with Crippen LogP contribution < -0.4 is 5.32 Å². The highest BCUT2D eigenvalue weighted by Crippen LogP contribution is 2.24. The van der Waals surface area contributed by atoms with Gasteiger partial charge in [0.15, 0.2) is 0 Å². The Morgan fingerprint density at radius 3 is 2.27 bits per heavy atom. The van der Waals surface area contributed by atoms with Crippen molar-refractivity contribution in [2.45, 2.75) is 39.7 Å². The molecule has 0 atom stereocenters. The monoisotopic (exact) mass is 350 g/mol. The van der Waals surface area contributed by atoms with Gasteiger partial charge in [-0.05, 0) is 35.4 Å². The molecule has 138 valence electrons. The van der Waals surface area contributed by atoms with Gasteiger partial charge in [-0.3, -0.25) is 4.79 Å². The van der Waals surface area contributed by atoms with E-state index >= 15 is 0 Å². The molecule has 3 nitrogen and oxygen atoms in total. The molecule has 0 bridgehead atoms. The topological polar surface area (TPSA) is 32.3 Å². The van der Waals surface area contributed by atoms with Gasteiger partial charge in [0, 0.05) is 31.2 Å². The summed E-state index contributed by atoms with van der Waals surface area (Å²) in [6.45, 7) is 10.1. The predicted molar refractivity (Wildman–Crippen MR) is 108 cm³/mol. The second kappa shape index (κ2) is 8.05. The van der Waals surface area contributed by atoms with Gasteiger partial charge in [-0.15, -0.1) is 0 Å². The summed E-state index contributed by atoms with van der Waals surface area (Å²) in [4.78, 5) is 15.4. The molecule has 3 rings (SSSR count). The minimum atomic E-state index is 0.0405. The third kappa shape index (κ3) is 4.95. The molecule has 1 aliphatic heterocycles. The molecule has 2 aromatic rings. The summed E-state index contributed by atoms with van der Waals surface area (Å²) in [7, 11) is 0. The van der Waals surface area contributed by atoms with Gasteiger partial charge < -0.3 is 10.2 Å². The van der Waals surface area contributed by atoms with Gasteiger partial charge in [-0.1, -0.05) is 69.3 Å². The lowest BCUT2D eigenvalue weighted by atomic mass is 9.94. The van der Waals surface area contributed by atoms with E-state index in [1.54, 1.807) is 0 Å². The average Bonchev–Trinajstić information content (AvgIpc) is 2.63. The predicted octanol–water partition coefficient (Wildman–Crippen LogP) is 4.59. The SMILES string of the molecule is CC(C)(C)CN1CCC(NC(=O)c2ccccc2-c2ccccc2)CC1. The molecule has 1 N–H and O–H groups in total. The number of nitrogens with zero attached hydrogens (tertiary/aromatic N) is 1. The summed E-state index contributed by atoms with van der Waals surface area (Å²) in [5.74, 6) is 0.0405. The van der Waals surface area contributed by atoms with Crippen molar-refractivity contribution in [1.29, 1.82) is 0 Å². The van der Waals surface area contributed by atoms with E-state index in [1.165, 1.54) is 0 Å². The smallest absolute Gasteiger partial charge is 0.252 e. The fourth-order valence-corrected chi connectivity index (χ4v) is 3.72. The zero-order valence-electron chi connectivity index (χ0n) is 16.2. The Labute approximate surface area is 157 Å². The Kier molecular flexibility index (Phi) is 5.77. The number of rotatable bonds is 4. The molecule has 0 saturated carbocycles. The van der Waals surface area contributed by atoms with E-state index in [0.717, 1.165) is 49.2 Å². The van der Waals surface area contributed by atoms with Crippen LogP contribution in [-0.4, -0.2) is 36.5 Å². The maximum atomic E-state index is 12.9. The molecule has 2 aromatic carbocycles. The average molecular weight is 351 g/mol. The summed E-state index contributed by atoms with van der Waals surface area (Å²) in [6, 6.07) is 18.3. The molecule has 3 heteroatoms. The van der Waals surface area contributed by atoms with Crippen molar-refractivity contribution in [1.82, 2.24) is 10.2 Å². The van der Waals surface area contributed by atoms with Crippen molar-refractivity contribution in [3.63, 3.8) is 0 Å². The number of carbonyl (C=O) groups is 1. The Morgan fingerprint density at radius 1 is 1.00 bits per heavy atom. The van der Waals surface area contributed by atoms with Crippen LogP contribution in [0.1, 0.15) is 44.0 Å². The van der Waals surface area contributed by atoms with Crippen LogP contribution in [0.2, 0.25) is 0 Å². The molecular weight excluding hydrogens is 320 g/mol. The van der Waals surface area contributed by atoms with Gasteiger partial charge in [-0.2, -0.15) is 0 Å². The van der Waals surface area contributed by atoms with Crippen molar-refractivity contribution in [2.75, 3.05) is 19.6 Å². The summed E-state index contributed by atoms with van der Waals surface area (Å²) in [5.41, 5.74) is 3.16. The number of likely N-dealkylation sites (tertiary alicyclic amines) is 1. The van der Waals surface area contributed by atoms with Crippen LogP contribution in [0, 0.1) is 5.41 Å². The number of nitrogens with one attached hydrogen (secondary N) is 1. The quantitative estimate of drug-likeness (QED) is 0.874. The molecule has 0 unspecified atom stereocenters. The van der Waals surface area contributed by atoms with Crippen LogP contribution in [0.3, 0.4) is 0 Å². The van der Waals surface area contributed by atoms with Gasteiger partial charge >= 0.3 is 0 Å². The number of carbonyl (C=O) groups excluding carboxylic acids is 1. The standard InChI is InChI=1S/C23H30N2O/c1-23(2,3)17-25-15-13-19(14-16-25)24-22(26)21-12-8-7-11-20(21)18-9-5-4-6-10-18/h4-12,19H,13-17H2,1-3H3,(H,24,26). The molecule has 0 spiro atoms. The highest BCUT2D eigenvalue weighted by molar-refractivity contribution is 6.01. The van der Waals surface area contributed by atoms with Crippen molar-refractivity contribution in [3.05, 3.63) is 60.2 Å². The van der Waals surface area contributed by atoms with E-state index < -0.39 is 0 Å². The van der Waals surface area contributed by atoms with Crippen LogP contribution in [-0.2, 0) is 0 Å². The lowest BCUT2D eigenvalue weighted by Gasteiger charge is -2.36. The van der Waals surface area contributed by atoms with E-state index in [4.69, 9.17) is 0 Å². The Hall–Kier alpha value is -2.13. The molecule has 0 aliphatic carbocycles. The van der Waals surface area contributed by atoms with Crippen molar-refractivity contribution < 1.29 is 4.79 Å². The van der Waals surface area contributed by atoms with E-state index in [9.17, 15) is 4.79 Å². The van der Waals surface area contributed by atoms with Crippen LogP contribution in [0.25, 0.3) is 11.1 Å². The van der Waals surface area contributed by atoms with Crippen molar-refractivity contribution in [3.8, 4) is 11.1 Å². The first-order valence-electron chi connectivity index (χ1n) is 9.60. The van der Waals surface area contributed by atoms with Gasteiger partial charge in [0.1, 0.15) is 0 Å². The van der Waals surface area contributed by atoms with Crippen molar-refractivity contribution >= 4 is 5.91 Å². The molecule has 1 aliphatic rings. The number of hydrogen-bond donors (Lipinski definition) is 1. The summed E-state index contributed by atoms with van der Waals surface area (Å²) in [6.07, 6.45) is 2.05. The number of piperidine rings is 1. The van der Waals surface area contributed by atoms with Gasteiger partial charge in [-0.25, -0.2) is 0 Å². The van der Waals surface area contributed by atoms with Crippen molar-refractivity contribution in [2.24, 2.45) is 5.41 Å². The highest BCUT2D eigenvalue weighted by atomic mass is 16.1. The minimum absolute atomic E-state index is 0.0405. The second-order valence-corrected chi connectivity index (χ2v) is 8.50. The van der Waals surface area contributed by atoms with Crippen LogP contribution >= 0.6 is 0 Å². The lowest BCUT2D eigenvalue weighted by molar-refractivity contribution is 0.0896. The largest absolute Gasteiger partial charge is 0.349 e. The molecule has 1 saturated heterocycles. The molecule has 26 heavy (non-hydrogen) atoms. The Bertz CT molecular complexity index is 725. The maximum absolute atomic E-state index is 12.9. The number of benzene rings is 2. The minimum Gasteiger partial charge on any atom is -0.349 e. The third-order valence-corrected chi connectivity index (χ3v) is 4.88. The molecule has 1 heterocycles. The fourth-order valence-electron chi connectivity index (χ4n) is 3.72. The second-order valence-electron chi connectivity index (χ2n) is 8.50. The Balaban J connectivity index is 1.63. The number of amides is 1. The first-order valence-corrected chi connectivity index (χ1v) is 9.60. The van der Waals surface area contributed by atoms with Crippen LogP contribution in [0.4, 0.5) is 0 Å². The van der Waals surface area contributed by atoms with Gasteiger partial charge in [0.2, 0.25) is 0 Å².